The summed E-state index contributed by atoms with van der Waals surface area (Å²) in [4.78, 5) is 21.7. The molecule has 0 aliphatic carbocycles. The first-order chi connectivity index (χ1) is 14.1. The molecule has 2 heterocycles. The van der Waals surface area contributed by atoms with E-state index in [1.165, 1.54) is 23.9 Å². The minimum Gasteiger partial charge on any atom is -0.376 e. The fourth-order valence-electron chi connectivity index (χ4n) is 3.32. The Morgan fingerprint density at radius 2 is 2.07 bits per heavy atom. The molecule has 1 aromatic heterocycles. The zero-order valence-corrected chi connectivity index (χ0v) is 17.0. The zero-order chi connectivity index (χ0) is 20.2. The molecule has 0 bridgehead atoms. The van der Waals surface area contributed by atoms with Gasteiger partial charge in [-0.2, -0.15) is 0 Å². The second-order valence-electron chi connectivity index (χ2n) is 7.06. The predicted octanol–water partition coefficient (Wildman–Crippen LogP) is 4.13. The molecule has 2 aromatic carbocycles. The van der Waals surface area contributed by atoms with Crippen molar-refractivity contribution in [3.63, 3.8) is 0 Å². The second-order valence-corrected chi connectivity index (χ2v) is 8.02. The summed E-state index contributed by atoms with van der Waals surface area (Å²) in [6.45, 7) is 3.31. The summed E-state index contributed by atoms with van der Waals surface area (Å²) < 4.78 is 18.8. The van der Waals surface area contributed by atoms with Crippen LogP contribution in [0.2, 0.25) is 0 Å². The van der Waals surface area contributed by atoms with E-state index < -0.39 is 0 Å². The van der Waals surface area contributed by atoms with Gasteiger partial charge in [0.25, 0.3) is 0 Å². The molecule has 7 heteroatoms. The highest BCUT2D eigenvalue weighted by Gasteiger charge is 2.17. The number of thioether (sulfide) groups is 1. The minimum absolute atomic E-state index is 0.0479. The molecule has 0 unspecified atom stereocenters. The van der Waals surface area contributed by atoms with E-state index in [1.807, 2.05) is 25.1 Å². The van der Waals surface area contributed by atoms with Gasteiger partial charge < -0.3 is 10.1 Å². The van der Waals surface area contributed by atoms with E-state index in [4.69, 9.17) is 4.74 Å². The molecule has 29 heavy (non-hydrogen) atoms. The molecule has 150 valence electrons. The van der Waals surface area contributed by atoms with Gasteiger partial charge >= 0.3 is 0 Å². The van der Waals surface area contributed by atoms with Gasteiger partial charge in [0.2, 0.25) is 5.91 Å². The van der Waals surface area contributed by atoms with Gasteiger partial charge in [-0.25, -0.2) is 14.4 Å². The SMILES string of the molecule is Cc1cccc2c(SCC(=O)NC[C@H]3CCCO3)nc(-c3ccc(F)cc3)nc12. The number of halogens is 1. The number of hydrogen-bond acceptors (Lipinski definition) is 5. The Morgan fingerprint density at radius 1 is 1.24 bits per heavy atom. The normalized spacial score (nSPS) is 16.3. The maximum atomic E-state index is 13.3. The monoisotopic (exact) mass is 411 g/mol. The number of amides is 1. The maximum Gasteiger partial charge on any atom is 0.230 e. The number of aryl methyl sites for hydroxylation is 1. The fraction of sp³-hybridized carbons (Fsp3) is 0.318. The van der Waals surface area contributed by atoms with Gasteiger partial charge in [-0.1, -0.05) is 30.0 Å². The molecule has 1 amide bonds. The van der Waals surface area contributed by atoms with Crippen LogP contribution >= 0.6 is 11.8 Å². The number of hydrogen-bond donors (Lipinski definition) is 1. The summed E-state index contributed by atoms with van der Waals surface area (Å²) >= 11 is 1.38. The van der Waals surface area contributed by atoms with E-state index in [-0.39, 0.29) is 23.6 Å². The van der Waals surface area contributed by atoms with Crippen molar-refractivity contribution in [3.8, 4) is 11.4 Å². The highest BCUT2D eigenvalue weighted by Crippen LogP contribution is 2.30. The topological polar surface area (TPSA) is 64.1 Å². The van der Waals surface area contributed by atoms with Crippen molar-refractivity contribution >= 4 is 28.6 Å². The van der Waals surface area contributed by atoms with Crippen molar-refractivity contribution in [2.75, 3.05) is 18.9 Å². The first-order valence-electron chi connectivity index (χ1n) is 9.64. The molecule has 1 saturated heterocycles. The Labute approximate surface area is 173 Å². The van der Waals surface area contributed by atoms with Crippen molar-refractivity contribution in [3.05, 3.63) is 53.8 Å². The van der Waals surface area contributed by atoms with E-state index in [1.54, 1.807) is 12.1 Å². The summed E-state index contributed by atoms with van der Waals surface area (Å²) in [6, 6.07) is 12.0. The third kappa shape index (κ3) is 4.74. The van der Waals surface area contributed by atoms with E-state index in [2.05, 4.69) is 15.3 Å². The molecule has 0 saturated carbocycles. The Hall–Kier alpha value is -2.51. The number of ether oxygens (including phenoxy) is 1. The largest absolute Gasteiger partial charge is 0.376 e. The highest BCUT2D eigenvalue weighted by atomic mass is 32.2. The average Bonchev–Trinajstić information content (AvgIpc) is 3.25. The van der Waals surface area contributed by atoms with Crippen molar-refractivity contribution in [1.82, 2.24) is 15.3 Å². The van der Waals surface area contributed by atoms with Crippen LogP contribution in [0.25, 0.3) is 22.3 Å². The predicted molar refractivity (Wildman–Crippen MR) is 112 cm³/mol. The van der Waals surface area contributed by atoms with E-state index in [9.17, 15) is 9.18 Å². The van der Waals surface area contributed by atoms with Crippen molar-refractivity contribution in [2.45, 2.75) is 30.9 Å². The van der Waals surface area contributed by atoms with Gasteiger partial charge in [-0.15, -0.1) is 0 Å². The molecule has 3 aromatic rings. The van der Waals surface area contributed by atoms with Crippen LogP contribution in [-0.4, -0.2) is 40.9 Å². The van der Waals surface area contributed by atoms with Crippen LogP contribution in [0, 0.1) is 12.7 Å². The summed E-state index contributed by atoms with van der Waals surface area (Å²) in [7, 11) is 0. The van der Waals surface area contributed by atoms with E-state index in [0.717, 1.165) is 46.5 Å². The van der Waals surface area contributed by atoms with E-state index >= 15 is 0 Å². The molecule has 1 fully saturated rings. The Bertz CT molecular complexity index is 1020. The summed E-state index contributed by atoms with van der Waals surface area (Å²) in [6.07, 6.45) is 2.16. The number of para-hydroxylation sites is 1. The Kier molecular flexibility index (Phi) is 6.06. The number of rotatable bonds is 6. The van der Waals surface area contributed by atoms with Crippen molar-refractivity contribution in [1.29, 1.82) is 0 Å². The smallest absolute Gasteiger partial charge is 0.230 e. The quantitative estimate of drug-likeness (QED) is 0.488. The van der Waals surface area contributed by atoms with Crippen LogP contribution in [0.1, 0.15) is 18.4 Å². The molecule has 1 N–H and O–H groups in total. The summed E-state index contributed by atoms with van der Waals surface area (Å²) in [5.74, 6) is 0.431. The Morgan fingerprint density at radius 3 is 2.83 bits per heavy atom. The number of nitrogens with zero attached hydrogens (tertiary/aromatic N) is 2. The first-order valence-corrected chi connectivity index (χ1v) is 10.6. The van der Waals surface area contributed by atoms with Crippen LogP contribution in [0.3, 0.4) is 0 Å². The van der Waals surface area contributed by atoms with Crippen molar-refractivity contribution in [2.24, 2.45) is 0 Å². The van der Waals surface area contributed by atoms with Crippen LogP contribution in [0.15, 0.2) is 47.5 Å². The lowest BCUT2D eigenvalue weighted by Crippen LogP contribution is -2.32. The maximum absolute atomic E-state index is 13.3. The molecule has 1 aliphatic rings. The third-order valence-electron chi connectivity index (χ3n) is 4.89. The van der Waals surface area contributed by atoms with Crippen LogP contribution in [0.4, 0.5) is 4.39 Å². The molecular weight excluding hydrogens is 389 g/mol. The Balaban J connectivity index is 1.56. The first kappa shape index (κ1) is 19.8. The number of fused-ring (bicyclic) bond motifs is 1. The summed E-state index contributed by atoms with van der Waals surface area (Å²) in [5, 5.41) is 4.59. The van der Waals surface area contributed by atoms with Gasteiger partial charge in [-0.05, 0) is 49.6 Å². The van der Waals surface area contributed by atoms with Crippen molar-refractivity contribution < 1.29 is 13.9 Å². The molecular formula is C22H22FN3O2S. The van der Waals surface area contributed by atoms with Crippen LogP contribution in [0.5, 0.6) is 0 Å². The average molecular weight is 412 g/mol. The molecule has 5 nitrogen and oxygen atoms in total. The van der Waals surface area contributed by atoms with Gasteiger partial charge in [0.05, 0.1) is 17.4 Å². The minimum atomic E-state index is -0.303. The van der Waals surface area contributed by atoms with Gasteiger partial charge in [0.15, 0.2) is 5.82 Å². The lowest BCUT2D eigenvalue weighted by molar-refractivity contribution is -0.119. The standard InChI is InChI=1S/C22H22FN3O2S/c1-14-4-2-6-18-20(14)25-21(15-7-9-16(23)10-8-15)26-22(18)29-13-19(27)24-12-17-5-3-11-28-17/h2,4,6-10,17H,3,5,11-13H2,1H3,(H,24,27)/t17-/m1/s1. The lowest BCUT2D eigenvalue weighted by atomic mass is 10.1. The lowest BCUT2D eigenvalue weighted by Gasteiger charge is -2.12. The molecule has 4 rings (SSSR count). The molecule has 0 spiro atoms. The number of carbonyl (C=O) groups is 1. The van der Waals surface area contributed by atoms with Crippen LogP contribution < -0.4 is 5.32 Å². The third-order valence-corrected chi connectivity index (χ3v) is 5.88. The molecule has 1 aliphatic heterocycles. The highest BCUT2D eigenvalue weighted by molar-refractivity contribution is 8.00. The van der Waals surface area contributed by atoms with E-state index in [0.29, 0.717) is 12.4 Å². The molecule has 0 radical (unpaired) electrons. The van der Waals surface area contributed by atoms with Gasteiger partial charge in [0, 0.05) is 24.1 Å². The van der Waals surface area contributed by atoms with Gasteiger partial charge in [-0.3, -0.25) is 4.79 Å². The molecule has 1 atom stereocenters. The second kappa shape index (κ2) is 8.88. The van der Waals surface area contributed by atoms with Crippen LogP contribution in [-0.2, 0) is 9.53 Å². The van der Waals surface area contributed by atoms with Gasteiger partial charge in [0.1, 0.15) is 10.8 Å². The number of aromatic nitrogens is 2. The number of carbonyl (C=O) groups excluding carboxylic acids is 1. The fourth-order valence-corrected chi connectivity index (χ4v) is 4.16. The summed E-state index contributed by atoms with van der Waals surface area (Å²) in [5.41, 5.74) is 2.60. The zero-order valence-electron chi connectivity index (χ0n) is 16.2. The number of nitrogens with one attached hydrogen (secondary N) is 1. The number of benzene rings is 2.